The topological polar surface area (TPSA) is 47.3 Å². The lowest BCUT2D eigenvalue weighted by molar-refractivity contribution is -0.136. The predicted molar refractivity (Wildman–Crippen MR) is 70.1 cm³/mol. The SMILES string of the molecule is CC(C)(C)OCCNc1cccc(C(F)(F)F)c1N. The summed E-state index contributed by atoms with van der Waals surface area (Å²) in [5.41, 5.74) is 4.40. The van der Waals surface area contributed by atoms with Gasteiger partial charge in [0.1, 0.15) is 0 Å². The molecule has 0 atom stereocenters. The zero-order valence-corrected chi connectivity index (χ0v) is 11.3. The molecule has 0 radical (unpaired) electrons. The van der Waals surface area contributed by atoms with Crippen molar-refractivity contribution in [1.82, 2.24) is 0 Å². The maximum atomic E-state index is 12.6. The first-order chi connectivity index (χ1) is 8.61. The molecule has 1 rings (SSSR count). The van der Waals surface area contributed by atoms with Crippen LogP contribution in [0.5, 0.6) is 0 Å². The van der Waals surface area contributed by atoms with Crippen molar-refractivity contribution >= 4 is 11.4 Å². The first-order valence-corrected chi connectivity index (χ1v) is 5.95. The lowest BCUT2D eigenvalue weighted by Crippen LogP contribution is -2.23. The van der Waals surface area contributed by atoms with E-state index >= 15 is 0 Å². The Bertz CT molecular complexity index is 425. The Morgan fingerprint density at radius 3 is 2.37 bits per heavy atom. The zero-order valence-electron chi connectivity index (χ0n) is 11.3. The van der Waals surface area contributed by atoms with Crippen molar-refractivity contribution in [2.45, 2.75) is 32.5 Å². The predicted octanol–water partition coefficient (Wildman–Crippen LogP) is 3.51. The van der Waals surface area contributed by atoms with Gasteiger partial charge in [-0.2, -0.15) is 13.2 Å². The van der Waals surface area contributed by atoms with Crippen molar-refractivity contribution in [3.63, 3.8) is 0 Å². The Balaban J connectivity index is 2.65. The summed E-state index contributed by atoms with van der Waals surface area (Å²) in [7, 11) is 0. The number of rotatable bonds is 4. The smallest absolute Gasteiger partial charge is 0.397 e. The number of hydrogen-bond acceptors (Lipinski definition) is 3. The highest BCUT2D eigenvalue weighted by Crippen LogP contribution is 2.36. The Morgan fingerprint density at radius 2 is 1.84 bits per heavy atom. The van der Waals surface area contributed by atoms with E-state index in [-0.39, 0.29) is 17.0 Å². The van der Waals surface area contributed by atoms with Crippen molar-refractivity contribution in [2.75, 3.05) is 24.2 Å². The lowest BCUT2D eigenvalue weighted by atomic mass is 10.1. The van der Waals surface area contributed by atoms with E-state index in [4.69, 9.17) is 10.5 Å². The highest BCUT2D eigenvalue weighted by Gasteiger charge is 2.33. The summed E-state index contributed by atoms with van der Waals surface area (Å²) in [6, 6.07) is 3.81. The second-order valence-electron chi connectivity index (χ2n) is 5.15. The van der Waals surface area contributed by atoms with Gasteiger partial charge in [-0.3, -0.25) is 0 Å². The van der Waals surface area contributed by atoms with Crippen LogP contribution >= 0.6 is 0 Å². The number of anilines is 2. The number of hydrogen-bond donors (Lipinski definition) is 2. The molecule has 3 nitrogen and oxygen atoms in total. The summed E-state index contributed by atoms with van der Waals surface area (Å²) in [6.07, 6.45) is -4.44. The molecule has 108 valence electrons. The van der Waals surface area contributed by atoms with Crippen LogP contribution in [0.25, 0.3) is 0 Å². The molecule has 0 amide bonds. The molecular formula is C13H19F3N2O. The van der Waals surface area contributed by atoms with Crippen LogP contribution in [0.15, 0.2) is 18.2 Å². The Morgan fingerprint density at radius 1 is 1.21 bits per heavy atom. The van der Waals surface area contributed by atoms with Gasteiger partial charge in [0.25, 0.3) is 0 Å². The van der Waals surface area contributed by atoms with Gasteiger partial charge in [0.2, 0.25) is 0 Å². The molecule has 0 aromatic heterocycles. The molecule has 0 saturated heterocycles. The number of nitrogens with one attached hydrogen (secondary N) is 1. The van der Waals surface area contributed by atoms with Crippen LogP contribution in [0.4, 0.5) is 24.5 Å². The van der Waals surface area contributed by atoms with Crippen molar-refractivity contribution in [1.29, 1.82) is 0 Å². The highest BCUT2D eigenvalue weighted by atomic mass is 19.4. The van der Waals surface area contributed by atoms with E-state index in [2.05, 4.69) is 5.32 Å². The number of nitrogen functional groups attached to an aromatic ring is 1. The number of halogens is 3. The fourth-order valence-electron chi connectivity index (χ4n) is 1.51. The van der Waals surface area contributed by atoms with Gasteiger partial charge < -0.3 is 15.8 Å². The quantitative estimate of drug-likeness (QED) is 0.653. The molecular weight excluding hydrogens is 257 g/mol. The molecule has 1 aromatic rings. The van der Waals surface area contributed by atoms with Gasteiger partial charge >= 0.3 is 6.18 Å². The molecule has 0 bridgehead atoms. The zero-order chi connectivity index (χ0) is 14.7. The van der Waals surface area contributed by atoms with E-state index in [1.165, 1.54) is 12.1 Å². The van der Waals surface area contributed by atoms with Gasteiger partial charge in [-0.15, -0.1) is 0 Å². The summed E-state index contributed by atoms with van der Waals surface area (Å²) in [5, 5.41) is 2.85. The van der Waals surface area contributed by atoms with Gasteiger partial charge in [0.15, 0.2) is 0 Å². The number of alkyl halides is 3. The largest absolute Gasteiger partial charge is 0.418 e. The third-order valence-electron chi connectivity index (χ3n) is 2.36. The third kappa shape index (κ3) is 4.98. The first-order valence-electron chi connectivity index (χ1n) is 5.95. The van der Waals surface area contributed by atoms with Crippen LogP contribution < -0.4 is 11.1 Å². The van der Waals surface area contributed by atoms with Crippen LogP contribution in [0, 0.1) is 0 Å². The minimum Gasteiger partial charge on any atom is -0.397 e. The van der Waals surface area contributed by atoms with Gasteiger partial charge in [-0.1, -0.05) is 6.07 Å². The Kier molecular flexibility index (Phi) is 4.68. The minimum absolute atomic E-state index is 0.271. The summed E-state index contributed by atoms with van der Waals surface area (Å²) >= 11 is 0. The van der Waals surface area contributed by atoms with E-state index in [0.29, 0.717) is 13.2 Å². The van der Waals surface area contributed by atoms with Crippen LogP contribution in [-0.4, -0.2) is 18.8 Å². The molecule has 0 unspecified atom stereocenters. The van der Waals surface area contributed by atoms with Crippen LogP contribution in [0.1, 0.15) is 26.3 Å². The van der Waals surface area contributed by atoms with E-state index in [1.807, 2.05) is 20.8 Å². The summed E-state index contributed by atoms with van der Waals surface area (Å²) in [6.45, 7) is 6.50. The number of para-hydroxylation sites is 1. The Labute approximate surface area is 110 Å². The monoisotopic (exact) mass is 276 g/mol. The number of ether oxygens (including phenoxy) is 1. The molecule has 6 heteroatoms. The second kappa shape index (κ2) is 5.69. The molecule has 3 N–H and O–H groups in total. The van der Waals surface area contributed by atoms with Crippen LogP contribution in [0.3, 0.4) is 0 Å². The molecule has 0 fully saturated rings. The number of benzene rings is 1. The molecule has 1 aromatic carbocycles. The fraction of sp³-hybridized carbons (Fsp3) is 0.538. The van der Waals surface area contributed by atoms with Crippen LogP contribution in [0.2, 0.25) is 0 Å². The van der Waals surface area contributed by atoms with E-state index in [1.54, 1.807) is 0 Å². The third-order valence-corrected chi connectivity index (χ3v) is 2.36. The molecule has 0 aliphatic heterocycles. The van der Waals surface area contributed by atoms with E-state index < -0.39 is 11.7 Å². The van der Waals surface area contributed by atoms with Crippen molar-refractivity contribution < 1.29 is 17.9 Å². The number of nitrogens with two attached hydrogens (primary N) is 1. The molecule has 0 spiro atoms. The van der Waals surface area contributed by atoms with Gasteiger partial charge in [0.05, 0.1) is 29.1 Å². The molecule has 19 heavy (non-hydrogen) atoms. The van der Waals surface area contributed by atoms with Gasteiger partial charge in [0, 0.05) is 6.54 Å². The molecule has 0 aliphatic carbocycles. The van der Waals surface area contributed by atoms with E-state index in [9.17, 15) is 13.2 Å². The minimum atomic E-state index is -4.44. The summed E-state index contributed by atoms with van der Waals surface area (Å²) in [5.74, 6) is 0. The first kappa shape index (κ1) is 15.6. The average Bonchev–Trinajstić information content (AvgIpc) is 2.23. The van der Waals surface area contributed by atoms with Gasteiger partial charge in [-0.25, -0.2) is 0 Å². The average molecular weight is 276 g/mol. The van der Waals surface area contributed by atoms with Crippen molar-refractivity contribution in [2.24, 2.45) is 0 Å². The molecule has 0 saturated carbocycles. The summed E-state index contributed by atoms with van der Waals surface area (Å²) in [4.78, 5) is 0. The molecule has 0 aliphatic rings. The highest BCUT2D eigenvalue weighted by molar-refractivity contribution is 5.70. The normalized spacial score (nSPS) is 12.5. The Hall–Kier alpha value is -1.43. The molecule has 0 heterocycles. The van der Waals surface area contributed by atoms with Crippen molar-refractivity contribution in [3.8, 4) is 0 Å². The summed E-state index contributed by atoms with van der Waals surface area (Å²) < 4.78 is 43.4. The van der Waals surface area contributed by atoms with Crippen molar-refractivity contribution in [3.05, 3.63) is 23.8 Å². The van der Waals surface area contributed by atoms with E-state index in [0.717, 1.165) is 6.07 Å². The fourth-order valence-corrected chi connectivity index (χ4v) is 1.51. The van der Waals surface area contributed by atoms with Crippen LogP contribution in [-0.2, 0) is 10.9 Å². The second-order valence-corrected chi connectivity index (χ2v) is 5.15. The maximum absolute atomic E-state index is 12.6. The maximum Gasteiger partial charge on any atom is 0.418 e. The lowest BCUT2D eigenvalue weighted by Gasteiger charge is -2.20. The van der Waals surface area contributed by atoms with Gasteiger partial charge in [-0.05, 0) is 32.9 Å². The standard InChI is InChI=1S/C13H19F3N2O/c1-12(2,3)19-8-7-18-10-6-4-5-9(11(10)17)13(14,15)16/h4-6,18H,7-8,17H2,1-3H3.